The molecule has 1 amide bonds. The molecule has 2 aliphatic carbocycles. The minimum Gasteiger partial charge on any atom is -0.480 e. The van der Waals surface area contributed by atoms with E-state index in [4.69, 9.17) is 0 Å². The van der Waals surface area contributed by atoms with Crippen LogP contribution in [-0.2, 0) is 4.79 Å². The van der Waals surface area contributed by atoms with Crippen molar-refractivity contribution >= 4 is 11.9 Å². The van der Waals surface area contributed by atoms with Gasteiger partial charge in [-0.15, -0.1) is 0 Å². The second-order valence-corrected chi connectivity index (χ2v) is 7.21. The van der Waals surface area contributed by atoms with Crippen molar-refractivity contribution in [2.24, 2.45) is 11.8 Å². The van der Waals surface area contributed by atoms with Gasteiger partial charge in [0.25, 0.3) is 5.91 Å². The Bertz CT molecular complexity index is 620. The van der Waals surface area contributed by atoms with E-state index in [1.54, 1.807) is 11.0 Å². The molecule has 3 aliphatic rings. The van der Waals surface area contributed by atoms with Crippen LogP contribution in [0.1, 0.15) is 61.5 Å². The molecule has 23 heavy (non-hydrogen) atoms. The predicted octanol–water partition coefficient (Wildman–Crippen LogP) is 2.32. The van der Waals surface area contributed by atoms with E-state index < -0.39 is 12.0 Å². The first-order valence-corrected chi connectivity index (χ1v) is 8.74. The maximum atomic E-state index is 12.8. The molecular formula is C17H23N3O3. The SMILES string of the molecule is O=C(O)C1C2CCCC2CN1C(=O)c1ccn(C2CCCC2)n1. The third kappa shape index (κ3) is 2.44. The number of carboxylic acids is 1. The molecule has 0 aromatic carbocycles. The van der Waals surface area contributed by atoms with Crippen molar-refractivity contribution in [3.63, 3.8) is 0 Å². The Kier molecular flexibility index (Phi) is 3.62. The van der Waals surface area contributed by atoms with Crippen LogP contribution in [0.15, 0.2) is 12.3 Å². The molecule has 4 rings (SSSR count). The van der Waals surface area contributed by atoms with Gasteiger partial charge in [0, 0.05) is 12.7 Å². The van der Waals surface area contributed by atoms with Crippen molar-refractivity contribution in [2.75, 3.05) is 6.54 Å². The Morgan fingerprint density at radius 1 is 1.13 bits per heavy atom. The van der Waals surface area contributed by atoms with Crippen LogP contribution >= 0.6 is 0 Å². The molecule has 3 atom stereocenters. The number of hydrogen-bond acceptors (Lipinski definition) is 3. The zero-order valence-electron chi connectivity index (χ0n) is 13.2. The summed E-state index contributed by atoms with van der Waals surface area (Å²) in [5.41, 5.74) is 0.392. The van der Waals surface area contributed by atoms with Gasteiger partial charge in [0.2, 0.25) is 0 Å². The van der Waals surface area contributed by atoms with E-state index in [1.165, 1.54) is 12.8 Å². The Hall–Kier alpha value is -1.85. The number of aliphatic carboxylic acids is 1. The van der Waals surface area contributed by atoms with E-state index in [2.05, 4.69) is 5.10 Å². The molecule has 3 fully saturated rings. The molecule has 0 bridgehead atoms. The molecule has 2 saturated carbocycles. The van der Waals surface area contributed by atoms with Gasteiger partial charge in [0.1, 0.15) is 11.7 Å². The van der Waals surface area contributed by atoms with E-state index in [-0.39, 0.29) is 11.8 Å². The van der Waals surface area contributed by atoms with Crippen molar-refractivity contribution < 1.29 is 14.7 Å². The number of carbonyl (C=O) groups is 2. The van der Waals surface area contributed by atoms with Crippen LogP contribution in [0.4, 0.5) is 0 Å². The van der Waals surface area contributed by atoms with E-state index in [0.29, 0.717) is 24.2 Å². The van der Waals surface area contributed by atoms with Crippen LogP contribution in [0.25, 0.3) is 0 Å². The fourth-order valence-corrected chi connectivity index (χ4v) is 4.80. The second-order valence-electron chi connectivity index (χ2n) is 7.21. The summed E-state index contributed by atoms with van der Waals surface area (Å²) in [6.45, 7) is 0.566. The van der Waals surface area contributed by atoms with Crippen LogP contribution in [0, 0.1) is 11.8 Å². The molecule has 6 heteroatoms. The lowest BCUT2D eigenvalue weighted by Gasteiger charge is -2.23. The number of hydrogen-bond donors (Lipinski definition) is 1. The van der Waals surface area contributed by atoms with Crippen LogP contribution in [0.3, 0.4) is 0 Å². The molecule has 1 aliphatic heterocycles. The van der Waals surface area contributed by atoms with Crippen LogP contribution in [0.5, 0.6) is 0 Å². The number of carboxylic acid groups (broad SMARTS) is 1. The summed E-state index contributed by atoms with van der Waals surface area (Å²) in [6, 6.07) is 1.46. The van der Waals surface area contributed by atoms with Crippen molar-refractivity contribution in [3.8, 4) is 0 Å². The van der Waals surface area contributed by atoms with E-state index in [1.807, 2.05) is 10.9 Å². The normalized spacial score (nSPS) is 30.8. The van der Waals surface area contributed by atoms with Gasteiger partial charge in [-0.1, -0.05) is 19.3 Å². The highest BCUT2D eigenvalue weighted by atomic mass is 16.4. The highest BCUT2D eigenvalue weighted by molar-refractivity contribution is 5.95. The third-order valence-corrected chi connectivity index (χ3v) is 5.93. The van der Waals surface area contributed by atoms with Crippen molar-refractivity contribution in [2.45, 2.75) is 57.0 Å². The van der Waals surface area contributed by atoms with Gasteiger partial charge < -0.3 is 10.0 Å². The molecule has 3 unspecified atom stereocenters. The maximum Gasteiger partial charge on any atom is 0.326 e. The van der Waals surface area contributed by atoms with Crippen LogP contribution in [-0.4, -0.2) is 44.3 Å². The summed E-state index contributed by atoms with van der Waals surface area (Å²) in [4.78, 5) is 26.0. The Morgan fingerprint density at radius 2 is 1.91 bits per heavy atom. The summed E-state index contributed by atoms with van der Waals surface area (Å²) in [7, 11) is 0. The molecule has 6 nitrogen and oxygen atoms in total. The second kappa shape index (κ2) is 5.65. The van der Waals surface area contributed by atoms with E-state index in [9.17, 15) is 14.7 Å². The number of aromatic nitrogens is 2. The summed E-state index contributed by atoms with van der Waals surface area (Å²) >= 11 is 0. The third-order valence-electron chi connectivity index (χ3n) is 5.93. The molecule has 1 aromatic heterocycles. The van der Waals surface area contributed by atoms with Gasteiger partial charge in [-0.3, -0.25) is 9.48 Å². The van der Waals surface area contributed by atoms with E-state index in [0.717, 1.165) is 32.1 Å². The van der Waals surface area contributed by atoms with Gasteiger partial charge >= 0.3 is 5.97 Å². The molecule has 1 aromatic rings. The van der Waals surface area contributed by atoms with Crippen molar-refractivity contribution in [3.05, 3.63) is 18.0 Å². The molecular weight excluding hydrogens is 294 g/mol. The lowest BCUT2D eigenvalue weighted by Crippen LogP contribution is -2.43. The molecule has 0 radical (unpaired) electrons. The zero-order chi connectivity index (χ0) is 16.0. The predicted molar refractivity (Wildman–Crippen MR) is 83.0 cm³/mol. The fraction of sp³-hybridized carbons (Fsp3) is 0.706. The standard InChI is InChI=1S/C17H23N3O3/c21-16(14-8-9-20(18-14)12-5-1-2-6-12)19-10-11-4-3-7-13(11)15(19)17(22)23/h8-9,11-13,15H,1-7,10H2,(H,22,23). The van der Waals surface area contributed by atoms with Gasteiger partial charge in [-0.2, -0.15) is 5.10 Å². The number of fused-ring (bicyclic) bond motifs is 1. The minimum atomic E-state index is -0.872. The number of carbonyl (C=O) groups excluding carboxylic acids is 1. The zero-order valence-corrected chi connectivity index (χ0v) is 13.2. The van der Waals surface area contributed by atoms with Crippen molar-refractivity contribution in [1.82, 2.24) is 14.7 Å². The summed E-state index contributed by atoms with van der Waals surface area (Å²) < 4.78 is 1.90. The quantitative estimate of drug-likeness (QED) is 0.928. The summed E-state index contributed by atoms with van der Waals surface area (Å²) in [5.74, 6) is -0.628. The number of rotatable bonds is 3. The monoisotopic (exact) mass is 317 g/mol. The first-order chi connectivity index (χ1) is 11.1. The lowest BCUT2D eigenvalue weighted by atomic mass is 9.94. The summed E-state index contributed by atoms with van der Waals surface area (Å²) in [6.07, 6.45) is 9.56. The summed E-state index contributed by atoms with van der Waals surface area (Å²) in [5, 5.41) is 14.0. The van der Waals surface area contributed by atoms with Crippen LogP contribution < -0.4 is 0 Å². The smallest absolute Gasteiger partial charge is 0.326 e. The Labute approximate surface area is 135 Å². The van der Waals surface area contributed by atoms with Crippen molar-refractivity contribution in [1.29, 1.82) is 0 Å². The Morgan fingerprint density at radius 3 is 2.65 bits per heavy atom. The topological polar surface area (TPSA) is 75.4 Å². The highest BCUT2D eigenvalue weighted by Gasteiger charge is 2.49. The molecule has 124 valence electrons. The molecule has 0 spiro atoms. The number of nitrogens with zero attached hydrogens (tertiary/aromatic N) is 3. The first-order valence-electron chi connectivity index (χ1n) is 8.74. The average Bonchev–Trinajstić information content (AvgIpc) is 3.26. The molecule has 1 saturated heterocycles. The van der Waals surface area contributed by atoms with Gasteiger partial charge in [0.05, 0.1) is 6.04 Å². The van der Waals surface area contributed by atoms with E-state index >= 15 is 0 Å². The lowest BCUT2D eigenvalue weighted by molar-refractivity contribution is -0.142. The number of likely N-dealkylation sites (tertiary alicyclic amines) is 1. The Balaban J connectivity index is 1.55. The average molecular weight is 317 g/mol. The van der Waals surface area contributed by atoms with Gasteiger partial charge in [-0.25, -0.2) is 4.79 Å². The van der Waals surface area contributed by atoms with Gasteiger partial charge in [-0.05, 0) is 43.6 Å². The largest absolute Gasteiger partial charge is 0.480 e. The van der Waals surface area contributed by atoms with Crippen LogP contribution in [0.2, 0.25) is 0 Å². The minimum absolute atomic E-state index is 0.119. The number of amides is 1. The highest BCUT2D eigenvalue weighted by Crippen LogP contribution is 2.42. The molecule has 1 N–H and O–H groups in total. The fourth-order valence-electron chi connectivity index (χ4n) is 4.80. The van der Waals surface area contributed by atoms with Gasteiger partial charge in [0.15, 0.2) is 0 Å². The molecule has 2 heterocycles. The first kappa shape index (κ1) is 14.7. The maximum absolute atomic E-state index is 12.8.